The van der Waals surface area contributed by atoms with Crippen molar-refractivity contribution in [3.8, 4) is 5.88 Å². The lowest BCUT2D eigenvalue weighted by atomic mass is 9.88. The van der Waals surface area contributed by atoms with Crippen molar-refractivity contribution in [1.29, 1.82) is 0 Å². The molecule has 1 saturated carbocycles. The van der Waals surface area contributed by atoms with Crippen LogP contribution in [0.4, 0.5) is 15.0 Å². The predicted octanol–water partition coefficient (Wildman–Crippen LogP) is 4.42. The lowest BCUT2D eigenvalue weighted by Gasteiger charge is -2.42. The number of hydrogen-bond acceptors (Lipinski definition) is 6. The third-order valence-electron chi connectivity index (χ3n) is 6.12. The van der Waals surface area contributed by atoms with Crippen molar-refractivity contribution in [2.45, 2.75) is 70.7 Å². The van der Waals surface area contributed by atoms with E-state index in [4.69, 9.17) is 15.2 Å². The van der Waals surface area contributed by atoms with Gasteiger partial charge in [0, 0.05) is 17.6 Å². The van der Waals surface area contributed by atoms with Crippen molar-refractivity contribution < 1.29 is 28.6 Å². The summed E-state index contributed by atoms with van der Waals surface area (Å²) in [4.78, 5) is 29.3. The van der Waals surface area contributed by atoms with Crippen molar-refractivity contribution in [2.24, 2.45) is 5.73 Å². The summed E-state index contributed by atoms with van der Waals surface area (Å²) in [6, 6.07) is 10.5. The molecule has 0 atom stereocenters. The maximum Gasteiger partial charge on any atom is 0.407 e. The van der Waals surface area contributed by atoms with Crippen molar-refractivity contribution in [3.05, 3.63) is 53.3 Å². The molecule has 1 aliphatic rings. The number of pyridine rings is 1. The Morgan fingerprint density at radius 1 is 1.17 bits per heavy atom. The first-order valence-electron chi connectivity index (χ1n) is 12.1. The summed E-state index contributed by atoms with van der Waals surface area (Å²) in [6.45, 7) is 6.38. The van der Waals surface area contributed by atoms with Gasteiger partial charge in [0.1, 0.15) is 12.2 Å². The molecular formula is C26H35FN4O5. The highest BCUT2D eigenvalue weighted by Gasteiger charge is 2.35. The van der Waals surface area contributed by atoms with Crippen LogP contribution in [0.25, 0.3) is 0 Å². The summed E-state index contributed by atoms with van der Waals surface area (Å²) in [5.74, 6) is -1.65. The van der Waals surface area contributed by atoms with Gasteiger partial charge in [-0.1, -0.05) is 30.3 Å². The SMILES string of the molecule is CC(C)(C)N(C(=O)O)C1CCC(Nc2nc(OCCOCc3ccccc3)c(C(N)=O)cc2F)CC1. The first-order valence-corrected chi connectivity index (χ1v) is 12.1. The molecule has 1 aliphatic carbocycles. The summed E-state index contributed by atoms with van der Waals surface area (Å²) >= 11 is 0. The Balaban J connectivity index is 1.59. The summed E-state index contributed by atoms with van der Waals surface area (Å²) in [5, 5.41) is 12.7. The normalized spacial score (nSPS) is 17.9. The highest BCUT2D eigenvalue weighted by molar-refractivity contribution is 5.95. The molecule has 0 aliphatic heterocycles. The molecule has 1 heterocycles. The number of nitrogens with zero attached hydrogens (tertiary/aromatic N) is 2. The fourth-order valence-electron chi connectivity index (χ4n) is 4.48. The number of benzene rings is 1. The number of carbonyl (C=O) groups excluding carboxylic acids is 1. The highest BCUT2D eigenvalue weighted by atomic mass is 19.1. The minimum absolute atomic E-state index is 0.0328. The Labute approximate surface area is 210 Å². The number of nitrogens with one attached hydrogen (secondary N) is 1. The van der Waals surface area contributed by atoms with Crippen molar-refractivity contribution in [3.63, 3.8) is 0 Å². The zero-order valence-electron chi connectivity index (χ0n) is 21.0. The molecule has 0 spiro atoms. The van der Waals surface area contributed by atoms with E-state index < -0.39 is 23.4 Å². The third-order valence-corrected chi connectivity index (χ3v) is 6.12. The first kappa shape index (κ1) is 27.2. The second kappa shape index (κ2) is 12.0. The van der Waals surface area contributed by atoms with Gasteiger partial charge in [-0.25, -0.2) is 9.18 Å². The third kappa shape index (κ3) is 7.30. The van der Waals surface area contributed by atoms with E-state index in [0.29, 0.717) is 32.3 Å². The zero-order valence-corrected chi connectivity index (χ0v) is 21.0. The lowest BCUT2D eigenvalue weighted by Crippen LogP contribution is -2.52. The molecule has 196 valence electrons. The van der Waals surface area contributed by atoms with Crippen LogP contribution in [0.3, 0.4) is 0 Å². The standard InChI is InChI=1S/C26H35FN4O5/c1-26(2,3)31(25(33)34)19-11-9-18(10-12-19)29-23-21(27)15-20(22(28)32)24(30-23)36-14-13-35-16-17-7-5-4-6-8-17/h4-8,15,18-19H,9-14,16H2,1-3H3,(H2,28,32)(H,29,30)(H,33,34). The number of amides is 2. The fraction of sp³-hybridized carbons (Fsp3) is 0.500. The van der Waals surface area contributed by atoms with Gasteiger partial charge in [0.05, 0.1) is 13.2 Å². The summed E-state index contributed by atoms with van der Waals surface area (Å²) < 4.78 is 25.9. The van der Waals surface area contributed by atoms with Crippen molar-refractivity contribution in [2.75, 3.05) is 18.5 Å². The van der Waals surface area contributed by atoms with Gasteiger partial charge in [0.2, 0.25) is 5.88 Å². The van der Waals surface area contributed by atoms with E-state index in [1.807, 2.05) is 51.1 Å². The number of hydrogen-bond donors (Lipinski definition) is 3. The van der Waals surface area contributed by atoms with Crippen LogP contribution in [-0.4, -0.2) is 57.8 Å². The van der Waals surface area contributed by atoms with E-state index in [1.54, 1.807) is 0 Å². The van der Waals surface area contributed by atoms with E-state index >= 15 is 0 Å². The molecule has 2 aromatic rings. The van der Waals surface area contributed by atoms with Gasteiger partial charge in [0.25, 0.3) is 5.91 Å². The second-order valence-corrected chi connectivity index (χ2v) is 9.90. The van der Waals surface area contributed by atoms with Gasteiger partial charge >= 0.3 is 6.09 Å². The first-order chi connectivity index (χ1) is 17.1. The Bertz CT molecular complexity index is 1040. The molecule has 36 heavy (non-hydrogen) atoms. The number of anilines is 1. The maximum atomic E-state index is 14.7. The van der Waals surface area contributed by atoms with E-state index in [-0.39, 0.29) is 42.6 Å². The number of nitrogens with two attached hydrogens (primary N) is 1. The van der Waals surface area contributed by atoms with E-state index in [0.717, 1.165) is 11.6 Å². The van der Waals surface area contributed by atoms with Crippen molar-refractivity contribution >= 4 is 17.8 Å². The summed E-state index contributed by atoms with van der Waals surface area (Å²) in [5.41, 5.74) is 5.76. The Morgan fingerprint density at radius 3 is 2.42 bits per heavy atom. The molecule has 10 heteroatoms. The van der Waals surface area contributed by atoms with E-state index in [1.165, 1.54) is 4.90 Å². The average Bonchev–Trinajstić information content (AvgIpc) is 2.81. The molecule has 9 nitrogen and oxygen atoms in total. The quantitative estimate of drug-likeness (QED) is 0.411. The average molecular weight is 503 g/mol. The Morgan fingerprint density at radius 2 is 1.83 bits per heavy atom. The number of carboxylic acid groups (broad SMARTS) is 1. The van der Waals surface area contributed by atoms with Gasteiger partial charge in [-0.3, -0.25) is 4.79 Å². The topological polar surface area (TPSA) is 127 Å². The van der Waals surface area contributed by atoms with Crippen LogP contribution >= 0.6 is 0 Å². The maximum absolute atomic E-state index is 14.7. The number of primary amides is 1. The smallest absolute Gasteiger partial charge is 0.407 e. The second-order valence-electron chi connectivity index (χ2n) is 9.90. The number of ether oxygens (including phenoxy) is 2. The van der Waals surface area contributed by atoms with Crippen LogP contribution in [0.5, 0.6) is 5.88 Å². The van der Waals surface area contributed by atoms with Crippen molar-refractivity contribution in [1.82, 2.24) is 9.88 Å². The number of halogens is 1. The predicted molar refractivity (Wildman–Crippen MR) is 134 cm³/mol. The minimum atomic E-state index is -0.941. The van der Waals surface area contributed by atoms with Crippen LogP contribution < -0.4 is 15.8 Å². The molecular weight excluding hydrogens is 467 g/mol. The summed E-state index contributed by atoms with van der Waals surface area (Å²) in [7, 11) is 0. The molecule has 1 aromatic carbocycles. The molecule has 1 aromatic heterocycles. The lowest BCUT2D eigenvalue weighted by molar-refractivity contribution is 0.0556. The van der Waals surface area contributed by atoms with E-state index in [9.17, 15) is 19.1 Å². The van der Waals surface area contributed by atoms with Gasteiger partial charge in [-0.2, -0.15) is 4.98 Å². The van der Waals surface area contributed by atoms with Gasteiger partial charge < -0.3 is 30.5 Å². The minimum Gasteiger partial charge on any atom is -0.475 e. The molecule has 0 radical (unpaired) electrons. The molecule has 2 amide bonds. The van der Waals surface area contributed by atoms with Crippen LogP contribution in [0.2, 0.25) is 0 Å². The van der Waals surface area contributed by atoms with E-state index in [2.05, 4.69) is 10.3 Å². The van der Waals surface area contributed by atoms with Crippen LogP contribution in [0.1, 0.15) is 62.4 Å². The molecule has 0 saturated heterocycles. The van der Waals surface area contributed by atoms with Crippen LogP contribution in [0.15, 0.2) is 36.4 Å². The zero-order chi connectivity index (χ0) is 26.3. The van der Waals surface area contributed by atoms with Crippen LogP contribution in [-0.2, 0) is 11.3 Å². The largest absolute Gasteiger partial charge is 0.475 e. The molecule has 3 rings (SSSR count). The molecule has 0 bridgehead atoms. The number of aromatic nitrogens is 1. The number of carbonyl (C=O) groups is 2. The monoisotopic (exact) mass is 502 g/mol. The Kier molecular flexibility index (Phi) is 9.08. The van der Waals surface area contributed by atoms with Crippen LogP contribution in [0, 0.1) is 5.82 Å². The van der Waals surface area contributed by atoms with Gasteiger partial charge in [0.15, 0.2) is 11.6 Å². The number of rotatable bonds is 10. The molecule has 4 N–H and O–H groups in total. The fourth-order valence-corrected chi connectivity index (χ4v) is 4.48. The molecule has 0 unspecified atom stereocenters. The van der Waals surface area contributed by atoms with Gasteiger partial charge in [-0.05, 0) is 58.1 Å². The van der Waals surface area contributed by atoms with Gasteiger partial charge in [-0.15, -0.1) is 0 Å². The highest BCUT2D eigenvalue weighted by Crippen LogP contribution is 2.31. The molecule has 1 fully saturated rings. The summed E-state index contributed by atoms with van der Waals surface area (Å²) in [6.07, 6.45) is 1.64. The Hall–Kier alpha value is -3.40.